The standard InChI is InChI=1S/C16H18N2O4S/c1-16(22,13-3-2-8-23-13)10-18-15(21)17-9-11-4-6-12(7-5-11)14(19)20/h2-8,22H,9-10H2,1H3,(H,19,20)(H2,17,18,21). The molecule has 2 rings (SSSR count). The molecule has 1 unspecified atom stereocenters. The zero-order chi connectivity index (χ0) is 16.9. The summed E-state index contributed by atoms with van der Waals surface area (Å²) in [6, 6.07) is 9.52. The number of hydrogen-bond donors (Lipinski definition) is 4. The van der Waals surface area contributed by atoms with Crippen LogP contribution in [-0.4, -0.2) is 28.8 Å². The lowest BCUT2D eigenvalue weighted by Crippen LogP contribution is -2.42. The Balaban J connectivity index is 1.80. The van der Waals surface area contributed by atoms with Crippen LogP contribution in [0.25, 0.3) is 0 Å². The molecule has 6 nitrogen and oxygen atoms in total. The second kappa shape index (κ2) is 7.26. The number of amides is 2. The summed E-state index contributed by atoms with van der Waals surface area (Å²) in [5.74, 6) is -0.988. The molecule has 1 atom stereocenters. The molecule has 0 radical (unpaired) electrons. The number of carbonyl (C=O) groups is 2. The summed E-state index contributed by atoms with van der Waals surface area (Å²) in [6.07, 6.45) is 0. The highest BCUT2D eigenvalue weighted by Gasteiger charge is 2.24. The Bertz CT molecular complexity index is 666. The number of carbonyl (C=O) groups excluding carboxylic acids is 1. The molecule has 0 saturated carbocycles. The van der Waals surface area contributed by atoms with Crippen molar-refractivity contribution in [3.8, 4) is 0 Å². The Labute approximate surface area is 137 Å². The maximum absolute atomic E-state index is 11.8. The topological polar surface area (TPSA) is 98.7 Å². The van der Waals surface area contributed by atoms with E-state index in [4.69, 9.17) is 5.11 Å². The maximum atomic E-state index is 11.8. The van der Waals surface area contributed by atoms with E-state index in [-0.39, 0.29) is 18.7 Å². The third-order valence-electron chi connectivity index (χ3n) is 3.30. The summed E-state index contributed by atoms with van der Waals surface area (Å²) in [5.41, 5.74) is -0.130. The minimum absolute atomic E-state index is 0.0945. The normalized spacial score (nSPS) is 13.1. The van der Waals surface area contributed by atoms with Crippen molar-refractivity contribution in [1.82, 2.24) is 10.6 Å². The lowest BCUT2D eigenvalue weighted by molar-refractivity contribution is 0.0631. The Morgan fingerprint density at radius 2 is 1.87 bits per heavy atom. The van der Waals surface area contributed by atoms with Gasteiger partial charge >= 0.3 is 12.0 Å². The van der Waals surface area contributed by atoms with Crippen LogP contribution in [0.1, 0.15) is 27.7 Å². The summed E-state index contributed by atoms with van der Waals surface area (Å²) in [4.78, 5) is 23.3. The van der Waals surface area contributed by atoms with E-state index < -0.39 is 17.6 Å². The summed E-state index contributed by atoms with van der Waals surface area (Å²) >= 11 is 1.43. The van der Waals surface area contributed by atoms with Crippen LogP contribution in [0.15, 0.2) is 41.8 Å². The number of carboxylic acid groups (broad SMARTS) is 1. The zero-order valence-corrected chi connectivity index (χ0v) is 13.4. The molecule has 0 aliphatic carbocycles. The van der Waals surface area contributed by atoms with Crippen LogP contribution in [0.3, 0.4) is 0 Å². The van der Waals surface area contributed by atoms with Gasteiger partial charge in [0.05, 0.1) is 12.1 Å². The predicted octanol–water partition coefficient (Wildman–Crippen LogP) is 2.15. The molecule has 1 aromatic heterocycles. The van der Waals surface area contributed by atoms with E-state index in [1.165, 1.54) is 23.5 Å². The van der Waals surface area contributed by atoms with Crippen LogP contribution in [-0.2, 0) is 12.1 Å². The molecule has 1 aromatic carbocycles. The second-order valence-electron chi connectivity index (χ2n) is 5.29. The Morgan fingerprint density at radius 1 is 1.17 bits per heavy atom. The number of aliphatic hydroxyl groups is 1. The largest absolute Gasteiger partial charge is 0.478 e. The van der Waals surface area contributed by atoms with Crippen molar-refractivity contribution in [1.29, 1.82) is 0 Å². The number of urea groups is 1. The van der Waals surface area contributed by atoms with E-state index in [0.29, 0.717) is 0 Å². The molecule has 0 saturated heterocycles. The lowest BCUT2D eigenvalue weighted by atomic mass is 10.1. The highest BCUT2D eigenvalue weighted by atomic mass is 32.1. The van der Waals surface area contributed by atoms with Gasteiger partial charge in [-0.05, 0) is 36.1 Å². The quantitative estimate of drug-likeness (QED) is 0.650. The molecule has 0 fully saturated rings. The molecule has 4 N–H and O–H groups in total. The van der Waals surface area contributed by atoms with Gasteiger partial charge in [-0.3, -0.25) is 0 Å². The van der Waals surface area contributed by atoms with E-state index in [2.05, 4.69) is 10.6 Å². The van der Waals surface area contributed by atoms with E-state index >= 15 is 0 Å². The molecule has 122 valence electrons. The number of thiophene rings is 1. The van der Waals surface area contributed by atoms with Crippen molar-refractivity contribution in [3.63, 3.8) is 0 Å². The Hall–Kier alpha value is -2.38. The molecule has 23 heavy (non-hydrogen) atoms. The number of rotatable bonds is 6. The van der Waals surface area contributed by atoms with Crippen molar-refractivity contribution in [2.75, 3.05) is 6.54 Å². The monoisotopic (exact) mass is 334 g/mol. The number of aromatic carboxylic acids is 1. The number of hydrogen-bond acceptors (Lipinski definition) is 4. The summed E-state index contributed by atoms with van der Waals surface area (Å²) in [5, 5.41) is 26.3. The van der Waals surface area contributed by atoms with Crippen LogP contribution >= 0.6 is 11.3 Å². The maximum Gasteiger partial charge on any atom is 0.335 e. The summed E-state index contributed by atoms with van der Waals surface area (Å²) in [7, 11) is 0. The molecule has 2 aromatic rings. The molecule has 0 aliphatic heterocycles. The number of carboxylic acids is 1. The predicted molar refractivity (Wildman–Crippen MR) is 87.5 cm³/mol. The first-order chi connectivity index (χ1) is 10.9. The third kappa shape index (κ3) is 4.80. The van der Waals surface area contributed by atoms with Gasteiger partial charge < -0.3 is 20.8 Å². The van der Waals surface area contributed by atoms with Gasteiger partial charge in [-0.1, -0.05) is 18.2 Å². The van der Waals surface area contributed by atoms with E-state index in [0.717, 1.165) is 10.4 Å². The van der Waals surface area contributed by atoms with E-state index in [9.17, 15) is 14.7 Å². The molecule has 0 spiro atoms. The van der Waals surface area contributed by atoms with Gasteiger partial charge in [0.1, 0.15) is 5.60 Å². The fraction of sp³-hybridized carbons (Fsp3) is 0.250. The van der Waals surface area contributed by atoms with Crippen LogP contribution < -0.4 is 10.6 Å². The number of benzene rings is 1. The van der Waals surface area contributed by atoms with Crippen molar-refractivity contribution >= 4 is 23.3 Å². The van der Waals surface area contributed by atoms with E-state index in [1.54, 1.807) is 19.1 Å². The van der Waals surface area contributed by atoms with Crippen LogP contribution in [0.2, 0.25) is 0 Å². The number of nitrogens with one attached hydrogen (secondary N) is 2. The lowest BCUT2D eigenvalue weighted by Gasteiger charge is -2.22. The van der Waals surface area contributed by atoms with Crippen molar-refractivity contribution < 1.29 is 19.8 Å². The molecular weight excluding hydrogens is 316 g/mol. The average molecular weight is 334 g/mol. The molecule has 1 heterocycles. The van der Waals surface area contributed by atoms with Gasteiger partial charge in [0.15, 0.2) is 0 Å². The first-order valence-corrected chi connectivity index (χ1v) is 7.87. The van der Waals surface area contributed by atoms with Crippen molar-refractivity contribution in [2.24, 2.45) is 0 Å². The SMILES string of the molecule is CC(O)(CNC(=O)NCc1ccc(C(=O)O)cc1)c1cccs1. The molecule has 2 amide bonds. The zero-order valence-electron chi connectivity index (χ0n) is 12.6. The highest BCUT2D eigenvalue weighted by molar-refractivity contribution is 7.10. The minimum atomic E-state index is -1.12. The average Bonchev–Trinajstić information content (AvgIpc) is 3.06. The first-order valence-electron chi connectivity index (χ1n) is 6.99. The van der Waals surface area contributed by atoms with Crippen LogP contribution in [0.4, 0.5) is 4.79 Å². The van der Waals surface area contributed by atoms with Crippen molar-refractivity contribution in [2.45, 2.75) is 19.1 Å². The molecular formula is C16H18N2O4S. The fourth-order valence-corrected chi connectivity index (χ4v) is 2.72. The summed E-state index contributed by atoms with van der Waals surface area (Å²) in [6.45, 7) is 2.01. The summed E-state index contributed by atoms with van der Waals surface area (Å²) < 4.78 is 0. The minimum Gasteiger partial charge on any atom is -0.478 e. The molecule has 7 heteroatoms. The smallest absolute Gasteiger partial charge is 0.335 e. The van der Waals surface area contributed by atoms with Gasteiger partial charge in [-0.25, -0.2) is 9.59 Å². The molecule has 0 aliphatic rings. The first kappa shape index (κ1) is 17.0. The van der Waals surface area contributed by atoms with E-state index in [1.807, 2.05) is 17.5 Å². The fourth-order valence-electron chi connectivity index (χ4n) is 1.93. The van der Waals surface area contributed by atoms with Gasteiger partial charge in [-0.15, -0.1) is 11.3 Å². The van der Waals surface area contributed by atoms with Gasteiger partial charge in [0.25, 0.3) is 0 Å². The van der Waals surface area contributed by atoms with Gasteiger partial charge in [0.2, 0.25) is 0 Å². The van der Waals surface area contributed by atoms with Gasteiger partial charge in [0, 0.05) is 11.4 Å². The third-order valence-corrected chi connectivity index (χ3v) is 4.42. The second-order valence-corrected chi connectivity index (χ2v) is 6.24. The van der Waals surface area contributed by atoms with Crippen LogP contribution in [0, 0.1) is 0 Å². The van der Waals surface area contributed by atoms with Crippen molar-refractivity contribution in [3.05, 3.63) is 57.8 Å². The Morgan fingerprint density at radius 3 is 2.43 bits per heavy atom. The Kier molecular flexibility index (Phi) is 5.36. The highest BCUT2D eigenvalue weighted by Crippen LogP contribution is 2.24. The molecule has 0 bridgehead atoms. The van der Waals surface area contributed by atoms with Gasteiger partial charge in [-0.2, -0.15) is 0 Å². The van der Waals surface area contributed by atoms with Crippen LogP contribution in [0.5, 0.6) is 0 Å².